The minimum Gasteiger partial charge on any atom is -0.480 e. The maximum Gasteiger partial charge on any atom is 0.344 e. The molecule has 0 spiro atoms. The van der Waals surface area contributed by atoms with E-state index in [1.807, 2.05) is 0 Å². The Bertz CT molecular complexity index is 903. The smallest absolute Gasteiger partial charge is 0.344 e. The van der Waals surface area contributed by atoms with Crippen LogP contribution < -0.4 is 10.1 Å². The maximum absolute atomic E-state index is 11.9. The highest BCUT2D eigenvalue weighted by atomic mass is 35.5. The van der Waals surface area contributed by atoms with Crippen LogP contribution in [0.15, 0.2) is 36.4 Å². The summed E-state index contributed by atoms with van der Waals surface area (Å²) in [7, 11) is 1.25. The van der Waals surface area contributed by atoms with Crippen LogP contribution in [0.3, 0.4) is 0 Å². The number of anilines is 1. The number of hydrogen-bond acceptors (Lipinski definition) is 6. The lowest BCUT2D eigenvalue weighted by atomic mass is 10.2. The summed E-state index contributed by atoms with van der Waals surface area (Å²) in [6.07, 6.45) is 0. The Kier molecular flexibility index (Phi) is 7.92. The third-order valence-corrected chi connectivity index (χ3v) is 4.27. The standard InChI is InChI=1S/C18H14Cl3NO6/c1-26-18(25)10-3-2-4-11(5-10)22-16(23)8-28-17(24)9-27-15-7-13(20)12(19)6-14(15)21/h2-7H,8-9H2,1H3,(H,22,23). The van der Waals surface area contributed by atoms with Gasteiger partial charge in [0.25, 0.3) is 5.91 Å². The minimum absolute atomic E-state index is 0.150. The maximum atomic E-state index is 11.9. The average Bonchev–Trinajstić information content (AvgIpc) is 2.67. The number of nitrogens with one attached hydrogen (secondary N) is 1. The van der Waals surface area contributed by atoms with Crippen LogP contribution >= 0.6 is 34.8 Å². The van der Waals surface area contributed by atoms with Crippen molar-refractivity contribution in [3.8, 4) is 5.75 Å². The summed E-state index contributed by atoms with van der Waals surface area (Å²) in [5, 5.41) is 3.12. The fraction of sp³-hybridized carbons (Fsp3) is 0.167. The van der Waals surface area contributed by atoms with Crippen molar-refractivity contribution in [3.05, 3.63) is 57.0 Å². The van der Waals surface area contributed by atoms with Crippen molar-refractivity contribution in [1.82, 2.24) is 0 Å². The largest absolute Gasteiger partial charge is 0.480 e. The molecule has 1 N–H and O–H groups in total. The van der Waals surface area contributed by atoms with Gasteiger partial charge in [0.05, 0.1) is 27.7 Å². The van der Waals surface area contributed by atoms with Crippen molar-refractivity contribution in [2.45, 2.75) is 0 Å². The Morgan fingerprint density at radius 1 is 0.964 bits per heavy atom. The van der Waals surface area contributed by atoms with Gasteiger partial charge in [-0.25, -0.2) is 9.59 Å². The molecule has 2 rings (SSSR count). The number of rotatable bonds is 7. The molecule has 0 aliphatic carbocycles. The molecule has 0 fully saturated rings. The van der Waals surface area contributed by atoms with Crippen LogP contribution in [0.2, 0.25) is 15.1 Å². The average molecular weight is 447 g/mol. The van der Waals surface area contributed by atoms with Crippen LogP contribution in [-0.4, -0.2) is 38.2 Å². The van der Waals surface area contributed by atoms with E-state index in [1.54, 1.807) is 12.1 Å². The first kappa shape index (κ1) is 21.8. The van der Waals surface area contributed by atoms with Crippen molar-refractivity contribution in [2.75, 3.05) is 25.6 Å². The van der Waals surface area contributed by atoms with E-state index in [2.05, 4.69) is 10.1 Å². The second-order valence-corrected chi connectivity index (χ2v) is 6.49. The monoisotopic (exact) mass is 445 g/mol. The van der Waals surface area contributed by atoms with Gasteiger partial charge in [0.15, 0.2) is 13.2 Å². The number of methoxy groups -OCH3 is 1. The Hall–Kier alpha value is -2.48. The number of esters is 2. The van der Waals surface area contributed by atoms with Gasteiger partial charge in [-0.15, -0.1) is 0 Å². The highest BCUT2D eigenvalue weighted by Crippen LogP contribution is 2.33. The molecule has 7 nitrogen and oxygen atoms in total. The van der Waals surface area contributed by atoms with Crippen LogP contribution in [0.4, 0.5) is 5.69 Å². The molecule has 0 atom stereocenters. The lowest BCUT2D eigenvalue weighted by Crippen LogP contribution is -2.23. The highest BCUT2D eigenvalue weighted by Gasteiger charge is 2.13. The Morgan fingerprint density at radius 3 is 2.39 bits per heavy atom. The minimum atomic E-state index is -0.791. The molecule has 0 aliphatic heterocycles. The quantitative estimate of drug-likeness (QED) is 0.511. The molecule has 1 amide bonds. The van der Waals surface area contributed by atoms with E-state index in [1.165, 1.54) is 31.4 Å². The van der Waals surface area contributed by atoms with E-state index in [0.29, 0.717) is 5.69 Å². The predicted molar refractivity (Wildman–Crippen MR) is 104 cm³/mol. The molecule has 0 bridgehead atoms. The van der Waals surface area contributed by atoms with Crippen molar-refractivity contribution in [1.29, 1.82) is 0 Å². The number of ether oxygens (including phenoxy) is 3. The molecule has 0 saturated carbocycles. The molecule has 2 aromatic rings. The molecule has 0 aliphatic rings. The number of carbonyl (C=O) groups is 3. The first-order chi connectivity index (χ1) is 13.3. The number of hydrogen-bond donors (Lipinski definition) is 1. The summed E-state index contributed by atoms with van der Waals surface area (Å²) in [5.74, 6) is -1.78. The molecular weight excluding hydrogens is 433 g/mol. The molecule has 0 heterocycles. The van der Waals surface area contributed by atoms with Gasteiger partial charge < -0.3 is 19.5 Å². The van der Waals surface area contributed by atoms with E-state index in [0.717, 1.165) is 0 Å². The van der Waals surface area contributed by atoms with Gasteiger partial charge in [-0.3, -0.25) is 4.79 Å². The first-order valence-electron chi connectivity index (χ1n) is 7.71. The van der Waals surface area contributed by atoms with Gasteiger partial charge in [-0.2, -0.15) is 0 Å². The van der Waals surface area contributed by atoms with E-state index in [9.17, 15) is 14.4 Å². The lowest BCUT2D eigenvalue weighted by molar-refractivity contribution is -0.149. The lowest BCUT2D eigenvalue weighted by Gasteiger charge is -2.10. The van der Waals surface area contributed by atoms with Gasteiger partial charge in [-0.05, 0) is 24.3 Å². The molecule has 0 saturated heterocycles. The molecule has 28 heavy (non-hydrogen) atoms. The molecule has 10 heteroatoms. The number of carbonyl (C=O) groups excluding carboxylic acids is 3. The zero-order chi connectivity index (χ0) is 20.7. The molecule has 0 radical (unpaired) electrons. The summed E-state index contributed by atoms with van der Waals surface area (Å²) in [4.78, 5) is 35.1. The second kappa shape index (κ2) is 10.2. The van der Waals surface area contributed by atoms with E-state index in [-0.39, 0.29) is 26.4 Å². The van der Waals surface area contributed by atoms with Crippen molar-refractivity contribution in [3.63, 3.8) is 0 Å². The van der Waals surface area contributed by atoms with Crippen molar-refractivity contribution >= 4 is 58.3 Å². The van der Waals surface area contributed by atoms with Gasteiger partial charge in [0, 0.05) is 11.8 Å². The molecule has 0 unspecified atom stereocenters. The number of amides is 1. The zero-order valence-electron chi connectivity index (χ0n) is 14.5. The summed E-state index contributed by atoms with van der Waals surface area (Å²) >= 11 is 17.6. The van der Waals surface area contributed by atoms with Crippen LogP contribution in [0, 0.1) is 0 Å². The van der Waals surface area contributed by atoms with Crippen LogP contribution in [-0.2, 0) is 19.1 Å². The van der Waals surface area contributed by atoms with Gasteiger partial charge in [0.2, 0.25) is 0 Å². The molecule has 0 aromatic heterocycles. The Balaban J connectivity index is 1.82. The fourth-order valence-corrected chi connectivity index (χ4v) is 2.57. The van der Waals surface area contributed by atoms with Gasteiger partial charge >= 0.3 is 11.9 Å². The SMILES string of the molecule is COC(=O)c1cccc(NC(=O)COC(=O)COc2cc(Cl)c(Cl)cc2Cl)c1. The topological polar surface area (TPSA) is 90.9 Å². The van der Waals surface area contributed by atoms with E-state index >= 15 is 0 Å². The highest BCUT2D eigenvalue weighted by molar-refractivity contribution is 6.43. The first-order valence-corrected chi connectivity index (χ1v) is 8.84. The summed E-state index contributed by atoms with van der Waals surface area (Å²) in [6, 6.07) is 8.85. The molecular formula is C18H14Cl3NO6. The van der Waals surface area contributed by atoms with E-state index < -0.39 is 31.1 Å². The van der Waals surface area contributed by atoms with Gasteiger partial charge in [0.1, 0.15) is 5.75 Å². The van der Waals surface area contributed by atoms with E-state index in [4.69, 9.17) is 44.3 Å². The summed E-state index contributed by atoms with van der Waals surface area (Å²) in [5.41, 5.74) is 0.618. The molecule has 2 aromatic carbocycles. The number of halogens is 3. The van der Waals surface area contributed by atoms with Crippen LogP contribution in [0.5, 0.6) is 5.75 Å². The normalized spacial score (nSPS) is 10.1. The fourth-order valence-electron chi connectivity index (χ4n) is 1.98. The zero-order valence-corrected chi connectivity index (χ0v) is 16.7. The Labute approximate surface area is 175 Å². The van der Waals surface area contributed by atoms with Crippen molar-refractivity contribution < 1.29 is 28.6 Å². The summed E-state index contributed by atoms with van der Waals surface area (Å²) < 4.78 is 14.6. The predicted octanol–water partition coefficient (Wildman–Crippen LogP) is 3.99. The van der Waals surface area contributed by atoms with Crippen LogP contribution in [0.25, 0.3) is 0 Å². The Morgan fingerprint density at radius 2 is 1.68 bits per heavy atom. The third kappa shape index (κ3) is 6.30. The number of benzene rings is 2. The third-order valence-electron chi connectivity index (χ3n) is 3.25. The van der Waals surface area contributed by atoms with Crippen molar-refractivity contribution in [2.24, 2.45) is 0 Å². The van der Waals surface area contributed by atoms with Crippen LogP contribution in [0.1, 0.15) is 10.4 Å². The summed E-state index contributed by atoms with van der Waals surface area (Å²) in [6.45, 7) is -1.03. The molecule has 148 valence electrons. The second-order valence-electron chi connectivity index (χ2n) is 5.27. The van der Waals surface area contributed by atoms with Gasteiger partial charge in [-0.1, -0.05) is 40.9 Å².